The number of nitrogens with zero attached hydrogens (tertiary/aromatic N) is 5. The van der Waals surface area contributed by atoms with E-state index in [-0.39, 0.29) is 48.6 Å². The van der Waals surface area contributed by atoms with Crippen LogP contribution in [0.1, 0.15) is 17.7 Å². The van der Waals surface area contributed by atoms with E-state index in [1.165, 1.54) is 27.1 Å². The van der Waals surface area contributed by atoms with Crippen molar-refractivity contribution in [1.82, 2.24) is 14.9 Å². The number of halogens is 3. The van der Waals surface area contributed by atoms with Gasteiger partial charge in [-0.15, -0.1) is 0 Å². The summed E-state index contributed by atoms with van der Waals surface area (Å²) >= 11 is 0. The molecule has 2 aromatic rings. The van der Waals surface area contributed by atoms with Crippen LogP contribution in [0.4, 0.5) is 19.1 Å². The summed E-state index contributed by atoms with van der Waals surface area (Å²) in [7, 11) is 2.62. The number of aromatic nitrogens is 2. The number of ether oxygens (including phenoxy) is 1. The predicted octanol–water partition coefficient (Wildman–Crippen LogP) is 1.08. The molecule has 4 rings (SSSR count). The van der Waals surface area contributed by atoms with Crippen LogP contribution in [0.2, 0.25) is 0 Å². The maximum absolute atomic E-state index is 15.1. The van der Waals surface area contributed by atoms with Crippen molar-refractivity contribution in [2.24, 2.45) is 16.6 Å². The van der Waals surface area contributed by atoms with Gasteiger partial charge in [-0.3, -0.25) is 9.69 Å². The van der Waals surface area contributed by atoms with Crippen molar-refractivity contribution in [3.05, 3.63) is 46.9 Å². The molecular formula is C21H23F3N6O3. The van der Waals surface area contributed by atoms with Gasteiger partial charge in [-0.25, -0.2) is 18.8 Å². The third kappa shape index (κ3) is 3.73. The molecule has 1 saturated heterocycles. The van der Waals surface area contributed by atoms with Gasteiger partial charge in [0.15, 0.2) is 5.96 Å². The first-order valence-corrected chi connectivity index (χ1v) is 10.2. The fourth-order valence-corrected chi connectivity index (χ4v) is 4.44. The van der Waals surface area contributed by atoms with Gasteiger partial charge in [0.2, 0.25) is 11.8 Å². The molecule has 33 heavy (non-hydrogen) atoms. The summed E-state index contributed by atoms with van der Waals surface area (Å²) in [5, 5.41) is 10.5. The molecule has 12 heteroatoms. The Bertz CT molecular complexity index is 1150. The zero-order valence-electron chi connectivity index (χ0n) is 18.2. The number of aliphatic hydroxyl groups excluding tert-OH is 1. The van der Waals surface area contributed by atoms with Gasteiger partial charge >= 0.3 is 0 Å². The molecule has 2 unspecified atom stereocenters. The molecule has 2 aliphatic heterocycles. The third-order valence-electron chi connectivity index (χ3n) is 6.18. The van der Waals surface area contributed by atoms with Crippen molar-refractivity contribution in [3.63, 3.8) is 0 Å². The van der Waals surface area contributed by atoms with Crippen LogP contribution >= 0.6 is 0 Å². The van der Waals surface area contributed by atoms with Gasteiger partial charge in [-0.2, -0.15) is 9.37 Å². The Morgan fingerprint density at radius 2 is 2.00 bits per heavy atom. The zero-order valence-corrected chi connectivity index (χ0v) is 18.2. The standard InChI is InChI=1S/C21H23F3N6O3/c1-10-16(24)17(33-3)27-20(26-10)30-8-11-6-15(31)18(32)29(2)19(25)28-21(11,9-30)13-5-4-12(22)7-14(13)23/h4-5,7,11,15,31H,6,8-9H2,1-3H3,(H2,25,28)/t11?,15?,21-/m0/s1. The summed E-state index contributed by atoms with van der Waals surface area (Å²) in [6.07, 6.45) is -1.51. The summed E-state index contributed by atoms with van der Waals surface area (Å²) in [6.45, 7) is 1.56. The van der Waals surface area contributed by atoms with Gasteiger partial charge in [-0.05, 0) is 19.4 Å². The smallest absolute Gasteiger partial charge is 0.257 e. The van der Waals surface area contributed by atoms with E-state index in [0.717, 1.165) is 17.0 Å². The molecular weight excluding hydrogens is 441 g/mol. The SMILES string of the molecule is COc1nc(N2CC3CC(O)C(=O)N(C)C(N)=N[C@@]3(c3ccc(F)cc3F)C2)nc(C)c1F. The number of fused-ring (bicyclic) bond motifs is 1. The van der Waals surface area contributed by atoms with Crippen molar-refractivity contribution in [2.75, 3.05) is 32.1 Å². The van der Waals surface area contributed by atoms with Gasteiger partial charge in [0, 0.05) is 31.1 Å². The molecule has 0 saturated carbocycles. The predicted molar refractivity (Wildman–Crippen MR) is 112 cm³/mol. The van der Waals surface area contributed by atoms with Crippen LogP contribution in [-0.2, 0) is 10.3 Å². The van der Waals surface area contributed by atoms with Crippen molar-refractivity contribution in [3.8, 4) is 5.88 Å². The second-order valence-corrected chi connectivity index (χ2v) is 8.18. The number of likely N-dealkylation sites (N-methyl/N-ethyl adjacent to an activating group) is 1. The van der Waals surface area contributed by atoms with Crippen LogP contribution < -0.4 is 15.4 Å². The van der Waals surface area contributed by atoms with Gasteiger partial charge < -0.3 is 20.5 Å². The lowest BCUT2D eigenvalue weighted by Gasteiger charge is -2.36. The number of benzene rings is 1. The summed E-state index contributed by atoms with van der Waals surface area (Å²) in [5.74, 6) is -4.02. The summed E-state index contributed by atoms with van der Waals surface area (Å²) in [4.78, 5) is 27.9. The molecule has 9 nitrogen and oxygen atoms in total. The second kappa shape index (κ2) is 8.18. The Hall–Kier alpha value is -3.41. The number of hydrogen-bond donors (Lipinski definition) is 2. The molecule has 1 fully saturated rings. The molecule has 0 spiro atoms. The number of aliphatic hydroxyl groups is 1. The number of methoxy groups -OCH3 is 1. The maximum Gasteiger partial charge on any atom is 0.257 e. The lowest BCUT2D eigenvalue weighted by Crippen LogP contribution is -2.51. The lowest BCUT2D eigenvalue weighted by atomic mass is 9.77. The van der Waals surface area contributed by atoms with E-state index >= 15 is 4.39 Å². The Morgan fingerprint density at radius 1 is 1.27 bits per heavy atom. The fraction of sp³-hybridized carbons (Fsp3) is 0.429. The lowest BCUT2D eigenvalue weighted by molar-refractivity contribution is -0.136. The van der Waals surface area contributed by atoms with Gasteiger partial charge in [0.25, 0.3) is 11.8 Å². The second-order valence-electron chi connectivity index (χ2n) is 8.18. The number of nitrogens with two attached hydrogens (primary N) is 1. The number of anilines is 1. The quantitative estimate of drug-likeness (QED) is 0.698. The normalized spacial score (nSPS) is 25.4. The monoisotopic (exact) mass is 464 g/mol. The molecule has 1 amide bonds. The molecule has 3 N–H and O–H groups in total. The minimum absolute atomic E-state index is 0.0239. The van der Waals surface area contributed by atoms with E-state index < -0.39 is 40.9 Å². The largest absolute Gasteiger partial charge is 0.479 e. The molecule has 176 valence electrons. The number of guanidine groups is 1. The topological polar surface area (TPSA) is 117 Å². The summed E-state index contributed by atoms with van der Waals surface area (Å²) < 4.78 is 48.0. The van der Waals surface area contributed by atoms with E-state index in [9.17, 15) is 18.7 Å². The Kier molecular flexibility index (Phi) is 5.64. The van der Waals surface area contributed by atoms with E-state index in [2.05, 4.69) is 15.0 Å². The molecule has 0 radical (unpaired) electrons. The Balaban J connectivity index is 1.90. The third-order valence-corrected chi connectivity index (χ3v) is 6.18. The minimum Gasteiger partial charge on any atom is -0.479 e. The molecule has 0 bridgehead atoms. The zero-order chi connectivity index (χ0) is 24.1. The minimum atomic E-state index is -1.43. The van der Waals surface area contributed by atoms with Crippen LogP contribution in [0.15, 0.2) is 23.2 Å². The average molecular weight is 464 g/mol. The van der Waals surface area contributed by atoms with E-state index in [1.807, 2.05) is 0 Å². The average Bonchev–Trinajstić information content (AvgIpc) is 3.11. The van der Waals surface area contributed by atoms with E-state index in [4.69, 9.17) is 10.5 Å². The van der Waals surface area contributed by atoms with E-state index in [1.54, 1.807) is 4.90 Å². The van der Waals surface area contributed by atoms with Crippen molar-refractivity contribution >= 4 is 17.8 Å². The van der Waals surface area contributed by atoms with Gasteiger partial charge in [0.1, 0.15) is 23.3 Å². The molecule has 3 atom stereocenters. The fourth-order valence-electron chi connectivity index (χ4n) is 4.44. The first kappa shape index (κ1) is 22.8. The van der Waals surface area contributed by atoms with Crippen molar-refractivity contribution in [2.45, 2.75) is 25.0 Å². The van der Waals surface area contributed by atoms with Gasteiger partial charge in [0.05, 0.1) is 19.3 Å². The highest BCUT2D eigenvalue weighted by atomic mass is 19.1. The highest BCUT2D eigenvalue weighted by molar-refractivity contribution is 5.98. The number of aliphatic imine (C=N–C) groups is 1. The number of rotatable bonds is 3. The molecule has 1 aromatic carbocycles. The summed E-state index contributed by atoms with van der Waals surface area (Å²) in [5.41, 5.74) is 4.74. The highest BCUT2D eigenvalue weighted by Crippen LogP contribution is 2.46. The summed E-state index contributed by atoms with van der Waals surface area (Å²) in [6, 6.07) is 3.11. The maximum atomic E-state index is 15.1. The van der Waals surface area contributed by atoms with Crippen LogP contribution in [0.5, 0.6) is 5.88 Å². The van der Waals surface area contributed by atoms with E-state index in [0.29, 0.717) is 0 Å². The van der Waals surface area contributed by atoms with Crippen LogP contribution in [0, 0.1) is 30.3 Å². The first-order valence-electron chi connectivity index (χ1n) is 10.2. The number of carbonyl (C=O) groups is 1. The molecule has 1 aromatic heterocycles. The molecule has 2 aliphatic rings. The van der Waals surface area contributed by atoms with Crippen molar-refractivity contribution in [1.29, 1.82) is 0 Å². The Labute approximate surface area is 187 Å². The van der Waals surface area contributed by atoms with Crippen LogP contribution in [0.3, 0.4) is 0 Å². The Morgan fingerprint density at radius 3 is 2.67 bits per heavy atom. The highest BCUT2D eigenvalue weighted by Gasteiger charge is 2.53. The number of aryl methyl sites for hydroxylation is 1. The van der Waals surface area contributed by atoms with Gasteiger partial charge in [-0.1, -0.05) is 6.07 Å². The van der Waals surface area contributed by atoms with Crippen LogP contribution in [0.25, 0.3) is 0 Å². The number of hydrogen-bond acceptors (Lipinski definition) is 8. The number of amides is 1. The molecule has 0 aliphatic carbocycles. The van der Waals surface area contributed by atoms with Crippen molar-refractivity contribution < 1.29 is 27.8 Å². The molecule has 3 heterocycles. The van der Waals surface area contributed by atoms with Crippen LogP contribution in [-0.4, -0.2) is 65.2 Å². The number of carbonyl (C=O) groups excluding carboxylic acids is 1. The first-order chi connectivity index (χ1) is 15.6.